The molecule has 5 saturated carbocycles. The van der Waals surface area contributed by atoms with Gasteiger partial charge in [0.1, 0.15) is 0 Å². The molecule has 19 heavy (non-hydrogen) atoms. The molecule has 1 amide bonds. The van der Waals surface area contributed by atoms with E-state index in [2.05, 4.69) is 17.6 Å². The molecule has 0 spiro atoms. The molecule has 0 radical (unpaired) electrons. The fraction of sp³-hybridized carbons (Fsp3) is 0.938. The number of quaternary nitrogens is 1. The molecule has 0 aromatic carbocycles. The second kappa shape index (κ2) is 4.47. The second-order valence-corrected chi connectivity index (χ2v) is 7.77. The molecule has 5 fully saturated rings. The molecule has 0 aromatic rings. The van der Waals surface area contributed by atoms with Crippen LogP contribution in [0.2, 0.25) is 0 Å². The number of hydrogen-bond donors (Lipinski definition) is 2. The molecule has 0 heterocycles. The van der Waals surface area contributed by atoms with E-state index >= 15 is 0 Å². The van der Waals surface area contributed by atoms with E-state index in [9.17, 15) is 4.79 Å². The molecule has 0 unspecified atom stereocenters. The highest BCUT2D eigenvalue weighted by Crippen LogP contribution is 2.52. The van der Waals surface area contributed by atoms with Crippen LogP contribution in [-0.4, -0.2) is 24.0 Å². The lowest BCUT2D eigenvalue weighted by Gasteiger charge is -2.53. The van der Waals surface area contributed by atoms with E-state index in [1.54, 1.807) is 0 Å². The number of rotatable bonds is 4. The average molecular weight is 263 g/mol. The van der Waals surface area contributed by atoms with E-state index < -0.39 is 0 Å². The van der Waals surface area contributed by atoms with Crippen LogP contribution in [0.5, 0.6) is 0 Å². The third-order valence-corrected chi connectivity index (χ3v) is 6.15. The van der Waals surface area contributed by atoms with Crippen LogP contribution >= 0.6 is 0 Å². The number of hydrogen-bond acceptors (Lipinski definition) is 1. The van der Waals surface area contributed by atoms with Crippen molar-refractivity contribution in [1.82, 2.24) is 5.32 Å². The fourth-order valence-corrected chi connectivity index (χ4v) is 5.26. The van der Waals surface area contributed by atoms with Crippen LogP contribution in [0.1, 0.15) is 51.9 Å². The molecule has 0 aliphatic heterocycles. The summed E-state index contributed by atoms with van der Waals surface area (Å²) in [7, 11) is 0. The zero-order valence-electron chi connectivity index (χ0n) is 12.0. The highest BCUT2D eigenvalue weighted by Gasteiger charge is 2.50. The molecule has 5 aliphatic rings. The highest BCUT2D eigenvalue weighted by atomic mass is 16.2. The largest absolute Gasteiger partial charge is 0.348 e. The van der Waals surface area contributed by atoms with E-state index in [0.717, 1.165) is 29.7 Å². The van der Waals surface area contributed by atoms with Crippen molar-refractivity contribution in [1.29, 1.82) is 0 Å². The highest BCUT2D eigenvalue weighted by molar-refractivity contribution is 5.80. The van der Waals surface area contributed by atoms with Crippen LogP contribution in [0.15, 0.2) is 0 Å². The molecular formula is C16H27N2O+. The van der Waals surface area contributed by atoms with Crippen LogP contribution in [-0.2, 0) is 4.79 Å². The monoisotopic (exact) mass is 263 g/mol. The minimum Gasteiger partial charge on any atom is -0.348 e. The summed E-state index contributed by atoms with van der Waals surface area (Å²) in [5.41, 5.74) is 0. The van der Waals surface area contributed by atoms with Gasteiger partial charge in [-0.1, -0.05) is 0 Å². The Hall–Kier alpha value is -0.570. The maximum Gasteiger partial charge on any atom is 0.278 e. The van der Waals surface area contributed by atoms with Gasteiger partial charge in [-0.3, -0.25) is 4.79 Å². The Morgan fingerprint density at radius 1 is 1.05 bits per heavy atom. The van der Waals surface area contributed by atoms with Gasteiger partial charge in [-0.05, 0) is 63.7 Å². The molecule has 0 saturated heterocycles. The van der Waals surface area contributed by atoms with Crippen molar-refractivity contribution in [2.24, 2.45) is 23.7 Å². The van der Waals surface area contributed by atoms with Crippen LogP contribution in [0.3, 0.4) is 0 Å². The predicted molar refractivity (Wildman–Crippen MR) is 73.4 cm³/mol. The standard InChI is InChI=1S/C16H26N2O/c1-9(16(19)18-14-2-3-14)17-15-12-5-10-4-11(7-12)8-13(15)6-10/h9-15,17H,2-8H2,1H3,(H,18,19)/p+1/t9-,10?,11?,12?,13?,15?/m1/s1. The number of nitrogens with one attached hydrogen (secondary N) is 1. The van der Waals surface area contributed by atoms with Gasteiger partial charge in [0.05, 0.1) is 6.04 Å². The third kappa shape index (κ3) is 2.31. The summed E-state index contributed by atoms with van der Waals surface area (Å²) in [6.45, 7) is 2.10. The summed E-state index contributed by atoms with van der Waals surface area (Å²) in [5, 5.41) is 5.58. The van der Waals surface area contributed by atoms with Crippen LogP contribution in [0.4, 0.5) is 0 Å². The Kier molecular flexibility index (Phi) is 2.87. The molecule has 1 atom stereocenters. The summed E-state index contributed by atoms with van der Waals surface area (Å²) in [5.74, 6) is 4.15. The van der Waals surface area contributed by atoms with Gasteiger partial charge in [0, 0.05) is 17.9 Å². The molecule has 3 heteroatoms. The fourth-order valence-electron chi connectivity index (χ4n) is 5.26. The molecule has 5 rings (SSSR count). The van der Waals surface area contributed by atoms with Crippen molar-refractivity contribution in [3.05, 3.63) is 0 Å². The van der Waals surface area contributed by atoms with Crippen molar-refractivity contribution in [2.75, 3.05) is 0 Å². The number of amides is 1. The number of nitrogens with two attached hydrogens (primary N) is 1. The van der Waals surface area contributed by atoms with Gasteiger partial charge in [-0.2, -0.15) is 0 Å². The molecule has 5 aliphatic carbocycles. The zero-order valence-corrected chi connectivity index (χ0v) is 12.0. The quantitative estimate of drug-likeness (QED) is 0.782. The van der Waals surface area contributed by atoms with E-state index in [-0.39, 0.29) is 11.9 Å². The number of carbonyl (C=O) groups excluding carboxylic acids is 1. The van der Waals surface area contributed by atoms with Gasteiger partial charge < -0.3 is 10.6 Å². The summed E-state index contributed by atoms with van der Waals surface area (Å²) >= 11 is 0. The Morgan fingerprint density at radius 2 is 1.63 bits per heavy atom. The first-order valence-electron chi connectivity index (χ1n) is 8.34. The first-order chi connectivity index (χ1) is 9.19. The predicted octanol–water partition coefficient (Wildman–Crippen LogP) is 1.04. The maximum absolute atomic E-state index is 12.1. The maximum atomic E-state index is 12.1. The van der Waals surface area contributed by atoms with Crippen molar-refractivity contribution < 1.29 is 10.1 Å². The molecule has 3 N–H and O–H groups in total. The number of carbonyl (C=O) groups is 1. The minimum absolute atomic E-state index is 0.114. The van der Waals surface area contributed by atoms with E-state index in [1.807, 2.05) is 0 Å². The topological polar surface area (TPSA) is 45.7 Å². The van der Waals surface area contributed by atoms with E-state index in [0.29, 0.717) is 6.04 Å². The summed E-state index contributed by atoms with van der Waals surface area (Å²) in [4.78, 5) is 12.1. The molecule has 106 valence electrons. The molecule has 0 aromatic heterocycles. The van der Waals surface area contributed by atoms with E-state index in [4.69, 9.17) is 0 Å². The Morgan fingerprint density at radius 3 is 2.16 bits per heavy atom. The lowest BCUT2D eigenvalue weighted by molar-refractivity contribution is -0.725. The lowest BCUT2D eigenvalue weighted by Crippen LogP contribution is -3.00. The molecular weight excluding hydrogens is 236 g/mol. The Labute approximate surface area is 115 Å². The zero-order chi connectivity index (χ0) is 13.0. The second-order valence-electron chi connectivity index (χ2n) is 7.77. The first kappa shape index (κ1) is 12.2. The summed E-state index contributed by atoms with van der Waals surface area (Å²) < 4.78 is 0. The Bertz CT molecular complexity index is 349. The molecule has 3 nitrogen and oxygen atoms in total. The van der Waals surface area contributed by atoms with Gasteiger partial charge in [-0.15, -0.1) is 0 Å². The molecule has 4 bridgehead atoms. The van der Waals surface area contributed by atoms with Crippen molar-refractivity contribution >= 4 is 5.91 Å². The van der Waals surface area contributed by atoms with E-state index in [1.165, 1.54) is 44.9 Å². The summed E-state index contributed by atoms with van der Waals surface area (Å²) in [6, 6.07) is 1.36. The first-order valence-corrected chi connectivity index (χ1v) is 8.34. The van der Waals surface area contributed by atoms with Gasteiger partial charge in [0.15, 0.2) is 6.04 Å². The van der Waals surface area contributed by atoms with Crippen molar-refractivity contribution in [3.63, 3.8) is 0 Å². The van der Waals surface area contributed by atoms with Gasteiger partial charge in [0.25, 0.3) is 5.91 Å². The summed E-state index contributed by atoms with van der Waals surface area (Å²) in [6.07, 6.45) is 9.69. The minimum atomic E-state index is 0.114. The SMILES string of the molecule is C[C@@H]([NH2+]C1C2CC3CC(C2)CC1C3)C(=O)NC1CC1. The van der Waals surface area contributed by atoms with Crippen LogP contribution in [0, 0.1) is 23.7 Å². The normalized spacial score (nSPS) is 45.2. The lowest BCUT2D eigenvalue weighted by atomic mass is 9.54. The van der Waals surface area contributed by atoms with Crippen LogP contribution < -0.4 is 10.6 Å². The van der Waals surface area contributed by atoms with Gasteiger partial charge in [-0.25, -0.2) is 0 Å². The Balaban J connectivity index is 1.38. The van der Waals surface area contributed by atoms with Crippen molar-refractivity contribution in [2.45, 2.75) is 70.0 Å². The average Bonchev–Trinajstić information content (AvgIpc) is 3.16. The van der Waals surface area contributed by atoms with Gasteiger partial charge in [0.2, 0.25) is 0 Å². The smallest absolute Gasteiger partial charge is 0.278 e. The van der Waals surface area contributed by atoms with Crippen molar-refractivity contribution in [3.8, 4) is 0 Å². The van der Waals surface area contributed by atoms with Gasteiger partial charge >= 0.3 is 0 Å². The van der Waals surface area contributed by atoms with Crippen LogP contribution in [0.25, 0.3) is 0 Å². The third-order valence-electron chi connectivity index (χ3n) is 6.15.